The maximum Gasteiger partial charge on any atom is 0.0399 e. The van der Waals surface area contributed by atoms with Gasteiger partial charge in [0.1, 0.15) is 0 Å². The van der Waals surface area contributed by atoms with Crippen LogP contribution in [0.25, 0.3) is 0 Å². The SMILES string of the molecule is Cc1ccc(C)c(N2CCNC(C3CC3)C2)c1. The van der Waals surface area contributed by atoms with Gasteiger partial charge in [-0.05, 0) is 49.8 Å². The van der Waals surface area contributed by atoms with Crippen LogP contribution >= 0.6 is 0 Å². The van der Waals surface area contributed by atoms with E-state index in [0.717, 1.165) is 25.0 Å². The molecule has 1 aliphatic carbocycles. The number of piperazine rings is 1. The molecule has 2 nitrogen and oxygen atoms in total. The van der Waals surface area contributed by atoms with E-state index in [2.05, 4.69) is 42.3 Å². The van der Waals surface area contributed by atoms with Gasteiger partial charge in [-0.25, -0.2) is 0 Å². The normalized spacial score (nSPS) is 25.1. The molecule has 1 unspecified atom stereocenters. The molecule has 2 fully saturated rings. The van der Waals surface area contributed by atoms with Gasteiger partial charge in [0.2, 0.25) is 0 Å². The highest BCUT2D eigenvalue weighted by Gasteiger charge is 2.34. The Labute approximate surface area is 104 Å². The first-order chi connectivity index (χ1) is 8.24. The average molecular weight is 230 g/mol. The second kappa shape index (κ2) is 4.34. The average Bonchev–Trinajstić information content (AvgIpc) is 3.17. The van der Waals surface area contributed by atoms with Crippen LogP contribution in [0.3, 0.4) is 0 Å². The summed E-state index contributed by atoms with van der Waals surface area (Å²) in [4.78, 5) is 2.57. The molecule has 2 heteroatoms. The largest absolute Gasteiger partial charge is 0.368 e. The quantitative estimate of drug-likeness (QED) is 0.839. The smallest absolute Gasteiger partial charge is 0.0399 e. The zero-order valence-electron chi connectivity index (χ0n) is 10.9. The van der Waals surface area contributed by atoms with Crippen molar-refractivity contribution < 1.29 is 0 Å². The summed E-state index contributed by atoms with van der Waals surface area (Å²) in [5.41, 5.74) is 4.22. The minimum Gasteiger partial charge on any atom is -0.368 e. The fourth-order valence-electron chi connectivity index (χ4n) is 2.87. The van der Waals surface area contributed by atoms with E-state index < -0.39 is 0 Å². The summed E-state index contributed by atoms with van der Waals surface area (Å²) in [6.07, 6.45) is 2.86. The molecule has 1 aromatic rings. The van der Waals surface area contributed by atoms with Crippen LogP contribution < -0.4 is 10.2 Å². The second-order valence-electron chi connectivity index (χ2n) is 5.63. The summed E-state index contributed by atoms with van der Waals surface area (Å²) < 4.78 is 0. The molecule has 92 valence electrons. The minimum atomic E-state index is 0.726. The van der Waals surface area contributed by atoms with E-state index in [9.17, 15) is 0 Å². The van der Waals surface area contributed by atoms with Crippen molar-refractivity contribution >= 4 is 5.69 Å². The first kappa shape index (κ1) is 11.1. The maximum absolute atomic E-state index is 3.67. The lowest BCUT2D eigenvalue weighted by Crippen LogP contribution is -2.52. The molecule has 1 heterocycles. The Hall–Kier alpha value is -1.02. The number of anilines is 1. The molecule has 1 saturated carbocycles. The molecule has 1 N–H and O–H groups in total. The topological polar surface area (TPSA) is 15.3 Å². The van der Waals surface area contributed by atoms with Gasteiger partial charge in [-0.3, -0.25) is 0 Å². The van der Waals surface area contributed by atoms with Crippen LogP contribution in [0.2, 0.25) is 0 Å². The lowest BCUT2D eigenvalue weighted by Gasteiger charge is -2.36. The number of hydrogen-bond donors (Lipinski definition) is 1. The van der Waals surface area contributed by atoms with Crippen LogP contribution in [-0.2, 0) is 0 Å². The molecule has 0 spiro atoms. The summed E-state index contributed by atoms with van der Waals surface area (Å²) in [5.74, 6) is 0.947. The van der Waals surface area contributed by atoms with Gasteiger partial charge in [0.25, 0.3) is 0 Å². The van der Waals surface area contributed by atoms with Gasteiger partial charge >= 0.3 is 0 Å². The Kier molecular flexibility index (Phi) is 2.83. The van der Waals surface area contributed by atoms with Crippen LogP contribution in [0.15, 0.2) is 18.2 Å². The highest BCUT2D eigenvalue weighted by atomic mass is 15.2. The fourth-order valence-corrected chi connectivity index (χ4v) is 2.87. The lowest BCUT2D eigenvalue weighted by atomic mass is 10.1. The van der Waals surface area contributed by atoms with Crippen molar-refractivity contribution in [1.29, 1.82) is 0 Å². The molecular weight excluding hydrogens is 208 g/mol. The van der Waals surface area contributed by atoms with E-state index >= 15 is 0 Å². The van der Waals surface area contributed by atoms with Crippen LogP contribution in [0.1, 0.15) is 24.0 Å². The van der Waals surface area contributed by atoms with Crippen molar-refractivity contribution in [3.05, 3.63) is 29.3 Å². The molecule has 3 rings (SSSR count). The third kappa shape index (κ3) is 2.32. The molecule has 1 aliphatic heterocycles. The molecule has 1 saturated heterocycles. The number of rotatable bonds is 2. The van der Waals surface area contributed by atoms with Gasteiger partial charge < -0.3 is 10.2 Å². The van der Waals surface area contributed by atoms with E-state index in [-0.39, 0.29) is 0 Å². The summed E-state index contributed by atoms with van der Waals surface area (Å²) >= 11 is 0. The van der Waals surface area contributed by atoms with Crippen LogP contribution in [-0.4, -0.2) is 25.7 Å². The van der Waals surface area contributed by atoms with Gasteiger partial charge in [-0.2, -0.15) is 0 Å². The maximum atomic E-state index is 3.67. The van der Waals surface area contributed by atoms with Crippen molar-refractivity contribution in [2.75, 3.05) is 24.5 Å². The van der Waals surface area contributed by atoms with E-state index in [1.165, 1.54) is 36.2 Å². The number of nitrogens with zero attached hydrogens (tertiary/aromatic N) is 1. The lowest BCUT2D eigenvalue weighted by molar-refractivity contribution is 0.418. The predicted molar refractivity (Wildman–Crippen MR) is 72.6 cm³/mol. The standard InChI is InChI=1S/C15H22N2/c1-11-3-4-12(2)15(9-11)17-8-7-16-14(10-17)13-5-6-13/h3-4,9,13-14,16H,5-8,10H2,1-2H3. The van der Waals surface area contributed by atoms with Crippen molar-refractivity contribution in [3.63, 3.8) is 0 Å². The van der Waals surface area contributed by atoms with Crippen molar-refractivity contribution in [2.45, 2.75) is 32.7 Å². The second-order valence-corrected chi connectivity index (χ2v) is 5.63. The van der Waals surface area contributed by atoms with Crippen molar-refractivity contribution in [3.8, 4) is 0 Å². The van der Waals surface area contributed by atoms with Gasteiger partial charge in [-0.15, -0.1) is 0 Å². The number of benzene rings is 1. The van der Waals surface area contributed by atoms with Crippen LogP contribution in [0, 0.1) is 19.8 Å². The van der Waals surface area contributed by atoms with Crippen molar-refractivity contribution in [1.82, 2.24) is 5.32 Å². The monoisotopic (exact) mass is 230 g/mol. The summed E-state index contributed by atoms with van der Waals surface area (Å²) in [6.45, 7) is 7.88. The Balaban J connectivity index is 1.79. The van der Waals surface area contributed by atoms with E-state index in [4.69, 9.17) is 0 Å². The Bertz CT molecular complexity index is 409. The zero-order chi connectivity index (χ0) is 11.8. The molecule has 0 aromatic heterocycles. The zero-order valence-corrected chi connectivity index (χ0v) is 10.9. The van der Waals surface area contributed by atoms with Gasteiger partial charge in [-0.1, -0.05) is 12.1 Å². The third-order valence-corrected chi connectivity index (χ3v) is 4.10. The first-order valence-electron chi connectivity index (χ1n) is 6.79. The Morgan fingerprint density at radius 1 is 1.24 bits per heavy atom. The van der Waals surface area contributed by atoms with E-state index in [1.54, 1.807) is 0 Å². The minimum absolute atomic E-state index is 0.726. The molecular formula is C15H22N2. The highest BCUT2D eigenvalue weighted by molar-refractivity contribution is 5.55. The molecule has 1 atom stereocenters. The van der Waals surface area contributed by atoms with Crippen molar-refractivity contribution in [2.24, 2.45) is 5.92 Å². The Morgan fingerprint density at radius 2 is 2.06 bits per heavy atom. The predicted octanol–water partition coefficient (Wildman–Crippen LogP) is 2.49. The summed E-state index contributed by atoms with van der Waals surface area (Å²) in [7, 11) is 0. The summed E-state index contributed by atoms with van der Waals surface area (Å²) in [6, 6.07) is 7.52. The number of nitrogens with one attached hydrogen (secondary N) is 1. The molecule has 0 bridgehead atoms. The van der Waals surface area contributed by atoms with Crippen LogP contribution in [0.4, 0.5) is 5.69 Å². The van der Waals surface area contributed by atoms with Gasteiger partial charge in [0, 0.05) is 31.4 Å². The van der Waals surface area contributed by atoms with Gasteiger partial charge in [0.05, 0.1) is 0 Å². The van der Waals surface area contributed by atoms with Gasteiger partial charge in [0.15, 0.2) is 0 Å². The molecule has 0 radical (unpaired) electrons. The number of hydrogen-bond acceptors (Lipinski definition) is 2. The Morgan fingerprint density at radius 3 is 2.82 bits per heavy atom. The van der Waals surface area contributed by atoms with Crippen LogP contribution in [0.5, 0.6) is 0 Å². The third-order valence-electron chi connectivity index (χ3n) is 4.10. The number of aryl methyl sites for hydroxylation is 2. The molecule has 17 heavy (non-hydrogen) atoms. The fraction of sp³-hybridized carbons (Fsp3) is 0.600. The summed E-state index contributed by atoms with van der Waals surface area (Å²) in [5, 5.41) is 3.67. The molecule has 0 amide bonds. The highest BCUT2D eigenvalue weighted by Crippen LogP contribution is 2.34. The first-order valence-corrected chi connectivity index (χ1v) is 6.79. The van der Waals surface area contributed by atoms with E-state index in [1.807, 2.05) is 0 Å². The molecule has 2 aliphatic rings. The van der Waals surface area contributed by atoms with E-state index in [0.29, 0.717) is 0 Å². The molecule has 1 aromatic carbocycles.